The number of ether oxygens (including phenoxy) is 1. The van der Waals surface area contributed by atoms with Crippen LogP contribution in [0.3, 0.4) is 0 Å². The van der Waals surface area contributed by atoms with Gasteiger partial charge >= 0.3 is 0 Å². The molecule has 0 saturated carbocycles. The molecule has 0 unspecified atom stereocenters. The first-order valence-corrected chi connectivity index (χ1v) is 8.63. The number of aryl methyl sites for hydroxylation is 1. The minimum Gasteiger partial charge on any atom is -0.482 e. The Balaban J connectivity index is 1.62. The van der Waals surface area contributed by atoms with Crippen LogP contribution in [0.2, 0.25) is 10.0 Å². The lowest BCUT2D eigenvalue weighted by Gasteiger charge is -2.06. The Hall–Kier alpha value is -2.63. The minimum atomic E-state index is 0.0923. The van der Waals surface area contributed by atoms with Gasteiger partial charge in [0, 0.05) is 16.6 Å². The summed E-state index contributed by atoms with van der Waals surface area (Å²) in [5.41, 5.74) is 2.63. The van der Waals surface area contributed by atoms with Gasteiger partial charge < -0.3 is 9.26 Å². The van der Waals surface area contributed by atoms with E-state index in [4.69, 9.17) is 32.5 Å². The van der Waals surface area contributed by atoms with Crippen LogP contribution < -0.4 is 4.74 Å². The summed E-state index contributed by atoms with van der Waals surface area (Å²) in [6.07, 6.45) is 0. The average Bonchev–Trinajstić information content (AvgIpc) is 3.11. The van der Waals surface area contributed by atoms with Crippen molar-refractivity contribution >= 4 is 34.1 Å². The zero-order chi connectivity index (χ0) is 18.1. The number of pyridine rings is 1. The fraction of sp³-hybridized carbons (Fsp3) is 0.105. The Kier molecular flexibility index (Phi) is 4.49. The van der Waals surface area contributed by atoms with Crippen LogP contribution in [0.1, 0.15) is 11.6 Å². The molecule has 0 saturated heterocycles. The zero-order valence-corrected chi connectivity index (χ0v) is 15.3. The van der Waals surface area contributed by atoms with E-state index in [9.17, 15) is 0 Å². The van der Waals surface area contributed by atoms with E-state index in [-0.39, 0.29) is 6.61 Å². The van der Waals surface area contributed by atoms with Crippen molar-refractivity contribution in [3.05, 3.63) is 70.2 Å². The molecule has 26 heavy (non-hydrogen) atoms. The molecule has 4 aromatic rings. The number of hydrogen-bond acceptors (Lipinski definition) is 5. The van der Waals surface area contributed by atoms with E-state index in [2.05, 4.69) is 15.1 Å². The maximum Gasteiger partial charge on any atom is 0.264 e. The van der Waals surface area contributed by atoms with E-state index in [1.165, 1.54) is 0 Å². The van der Waals surface area contributed by atoms with Crippen LogP contribution in [0, 0.1) is 6.92 Å². The highest BCUT2D eigenvalue weighted by Gasteiger charge is 2.14. The van der Waals surface area contributed by atoms with Gasteiger partial charge in [-0.05, 0) is 31.2 Å². The largest absolute Gasteiger partial charge is 0.482 e. The molecule has 0 N–H and O–H groups in total. The van der Waals surface area contributed by atoms with E-state index < -0.39 is 0 Å². The smallest absolute Gasteiger partial charge is 0.264 e. The number of nitrogens with zero attached hydrogens (tertiary/aromatic N) is 3. The van der Waals surface area contributed by atoms with Crippen LogP contribution >= 0.6 is 23.2 Å². The number of aromatic nitrogens is 3. The van der Waals surface area contributed by atoms with E-state index in [1.54, 1.807) is 18.2 Å². The Morgan fingerprint density at radius 3 is 2.77 bits per heavy atom. The molecule has 2 heterocycles. The van der Waals surface area contributed by atoms with Crippen LogP contribution in [0.25, 0.3) is 22.3 Å². The van der Waals surface area contributed by atoms with E-state index in [0.29, 0.717) is 27.5 Å². The molecule has 5 nitrogen and oxygen atoms in total. The normalized spacial score (nSPS) is 11.0. The minimum absolute atomic E-state index is 0.0923. The lowest BCUT2D eigenvalue weighted by Crippen LogP contribution is -1.96. The summed E-state index contributed by atoms with van der Waals surface area (Å²) >= 11 is 12.1. The van der Waals surface area contributed by atoms with Crippen LogP contribution in [0.15, 0.2) is 53.1 Å². The fourth-order valence-corrected chi connectivity index (χ4v) is 3.00. The third-order valence-corrected chi connectivity index (χ3v) is 4.62. The molecule has 2 aromatic heterocycles. The van der Waals surface area contributed by atoms with E-state index >= 15 is 0 Å². The molecule has 0 aliphatic heterocycles. The first kappa shape index (κ1) is 16.8. The quantitative estimate of drug-likeness (QED) is 0.465. The van der Waals surface area contributed by atoms with Gasteiger partial charge in [0.25, 0.3) is 5.89 Å². The molecule has 4 rings (SSSR count). The average molecular weight is 386 g/mol. The zero-order valence-electron chi connectivity index (χ0n) is 13.7. The molecule has 0 aliphatic carbocycles. The topological polar surface area (TPSA) is 61.0 Å². The number of halogens is 2. The summed E-state index contributed by atoms with van der Waals surface area (Å²) in [6, 6.07) is 15.0. The molecule has 0 spiro atoms. The van der Waals surface area contributed by atoms with Crippen molar-refractivity contribution < 1.29 is 9.26 Å². The van der Waals surface area contributed by atoms with Crippen LogP contribution in [0.5, 0.6) is 5.75 Å². The molecule has 0 amide bonds. The molecule has 0 radical (unpaired) electrons. The Morgan fingerprint density at radius 2 is 1.88 bits per heavy atom. The summed E-state index contributed by atoms with van der Waals surface area (Å²) < 4.78 is 11.0. The highest BCUT2D eigenvalue weighted by Crippen LogP contribution is 2.32. The standard InChI is InChI=1S/C19H13Cl2N3O2/c1-11-9-13(12-5-2-3-7-15(12)22-11)19-23-17(26-24-19)10-25-16-8-4-6-14(20)18(16)21/h2-9H,10H2,1H3. The molecular formula is C19H13Cl2N3O2. The number of benzene rings is 2. The van der Waals surface area contributed by atoms with Crippen molar-refractivity contribution in [2.75, 3.05) is 0 Å². The molecule has 0 bridgehead atoms. The van der Waals surface area contributed by atoms with Crippen molar-refractivity contribution in [1.82, 2.24) is 15.1 Å². The van der Waals surface area contributed by atoms with E-state index in [0.717, 1.165) is 22.2 Å². The molecule has 7 heteroatoms. The number of rotatable bonds is 4. The number of para-hydroxylation sites is 1. The van der Waals surface area contributed by atoms with Crippen molar-refractivity contribution in [2.24, 2.45) is 0 Å². The SMILES string of the molecule is Cc1cc(-c2noc(COc3cccc(Cl)c3Cl)n2)c2ccccc2n1. The Morgan fingerprint density at radius 1 is 1.04 bits per heavy atom. The summed E-state index contributed by atoms with van der Waals surface area (Å²) in [4.78, 5) is 8.96. The van der Waals surface area contributed by atoms with Crippen molar-refractivity contribution in [3.63, 3.8) is 0 Å². The van der Waals surface area contributed by atoms with Crippen molar-refractivity contribution in [3.8, 4) is 17.1 Å². The predicted octanol–water partition coefficient (Wildman–Crippen LogP) is 5.48. The van der Waals surface area contributed by atoms with E-state index in [1.807, 2.05) is 37.3 Å². The third kappa shape index (κ3) is 3.23. The van der Waals surface area contributed by atoms with Gasteiger partial charge in [-0.3, -0.25) is 4.98 Å². The van der Waals surface area contributed by atoms with Gasteiger partial charge in [-0.15, -0.1) is 0 Å². The summed E-state index contributed by atoms with van der Waals surface area (Å²) in [5, 5.41) is 5.82. The van der Waals surface area contributed by atoms with Gasteiger partial charge in [0.15, 0.2) is 6.61 Å². The lowest BCUT2D eigenvalue weighted by atomic mass is 10.1. The second kappa shape index (κ2) is 6.94. The third-order valence-electron chi connectivity index (χ3n) is 3.82. The highest BCUT2D eigenvalue weighted by atomic mass is 35.5. The molecule has 2 aromatic carbocycles. The molecule has 0 aliphatic rings. The van der Waals surface area contributed by atoms with Crippen LogP contribution in [0.4, 0.5) is 0 Å². The highest BCUT2D eigenvalue weighted by molar-refractivity contribution is 6.42. The van der Waals surface area contributed by atoms with Gasteiger partial charge in [-0.2, -0.15) is 4.98 Å². The summed E-state index contributed by atoms with van der Waals surface area (Å²) in [7, 11) is 0. The van der Waals surface area contributed by atoms with Crippen molar-refractivity contribution in [2.45, 2.75) is 13.5 Å². The molecule has 130 valence electrons. The Labute approximate surface area is 159 Å². The van der Waals surface area contributed by atoms with Gasteiger partial charge in [-0.1, -0.05) is 52.6 Å². The van der Waals surface area contributed by atoms with Gasteiger partial charge in [-0.25, -0.2) is 0 Å². The fourth-order valence-electron chi connectivity index (χ4n) is 2.65. The maximum atomic E-state index is 6.11. The second-order valence-electron chi connectivity index (χ2n) is 5.68. The van der Waals surface area contributed by atoms with Crippen LogP contribution in [-0.4, -0.2) is 15.1 Å². The maximum absolute atomic E-state index is 6.11. The summed E-state index contributed by atoms with van der Waals surface area (Å²) in [6.45, 7) is 2.02. The number of hydrogen-bond donors (Lipinski definition) is 0. The number of fused-ring (bicyclic) bond motifs is 1. The van der Waals surface area contributed by atoms with Crippen LogP contribution in [-0.2, 0) is 6.61 Å². The molecular weight excluding hydrogens is 373 g/mol. The monoisotopic (exact) mass is 385 g/mol. The van der Waals surface area contributed by atoms with Crippen molar-refractivity contribution in [1.29, 1.82) is 0 Å². The second-order valence-corrected chi connectivity index (χ2v) is 6.47. The molecule has 0 atom stereocenters. The predicted molar refractivity (Wildman–Crippen MR) is 101 cm³/mol. The van der Waals surface area contributed by atoms with Gasteiger partial charge in [0.2, 0.25) is 5.82 Å². The van der Waals surface area contributed by atoms with Gasteiger partial charge in [0.05, 0.1) is 10.5 Å². The van der Waals surface area contributed by atoms with Gasteiger partial charge in [0.1, 0.15) is 10.8 Å². The molecule has 0 fully saturated rings. The first-order chi connectivity index (χ1) is 12.6. The lowest BCUT2D eigenvalue weighted by molar-refractivity contribution is 0.243. The first-order valence-electron chi connectivity index (χ1n) is 7.88. The summed E-state index contributed by atoms with van der Waals surface area (Å²) in [5.74, 6) is 1.29. The Bertz CT molecular complexity index is 1100.